The molecule has 0 unspecified atom stereocenters. The minimum atomic E-state index is -3.78. The first-order chi connectivity index (χ1) is 12.7. The van der Waals surface area contributed by atoms with E-state index in [1.54, 1.807) is 42.8 Å². The Hall–Kier alpha value is -2.39. The van der Waals surface area contributed by atoms with Gasteiger partial charge in [0.25, 0.3) is 10.0 Å². The Morgan fingerprint density at radius 2 is 1.89 bits per heavy atom. The van der Waals surface area contributed by atoms with E-state index in [0.717, 1.165) is 12.8 Å². The molecule has 1 saturated heterocycles. The highest BCUT2D eigenvalue weighted by molar-refractivity contribution is 7.92. The molecule has 0 saturated carbocycles. The van der Waals surface area contributed by atoms with E-state index in [9.17, 15) is 18.3 Å². The molecule has 146 valence electrons. The molecule has 9 heteroatoms. The number of nitrogens with zero attached hydrogens (tertiary/aromatic N) is 2. The SMILES string of the molecule is CC(C)(C(=O)O)c1ccc(NS(=O)(=O)c2cnn(C3CCOCC3)c2)cc1. The van der Waals surface area contributed by atoms with Crippen molar-refractivity contribution in [2.24, 2.45) is 0 Å². The molecule has 0 aliphatic carbocycles. The van der Waals surface area contributed by atoms with Crippen molar-refractivity contribution in [1.29, 1.82) is 0 Å². The maximum absolute atomic E-state index is 12.6. The number of benzene rings is 1. The van der Waals surface area contributed by atoms with Gasteiger partial charge >= 0.3 is 5.97 Å². The number of hydrogen-bond donors (Lipinski definition) is 2. The normalized spacial score (nSPS) is 16.2. The van der Waals surface area contributed by atoms with Crippen molar-refractivity contribution in [3.8, 4) is 0 Å². The van der Waals surface area contributed by atoms with Gasteiger partial charge in [0.15, 0.2) is 0 Å². The number of carboxylic acid groups (broad SMARTS) is 1. The molecule has 1 aliphatic rings. The monoisotopic (exact) mass is 393 g/mol. The third-order valence-electron chi connectivity index (χ3n) is 4.85. The van der Waals surface area contributed by atoms with Crippen molar-refractivity contribution >= 4 is 21.7 Å². The summed E-state index contributed by atoms with van der Waals surface area (Å²) in [4.78, 5) is 11.4. The first kappa shape index (κ1) is 19.4. The van der Waals surface area contributed by atoms with Crippen LogP contribution in [0.5, 0.6) is 0 Å². The third-order valence-corrected chi connectivity index (χ3v) is 6.18. The molecule has 1 aromatic heterocycles. The van der Waals surface area contributed by atoms with Crippen molar-refractivity contribution in [1.82, 2.24) is 9.78 Å². The molecule has 0 spiro atoms. The van der Waals surface area contributed by atoms with Crippen molar-refractivity contribution in [3.63, 3.8) is 0 Å². The molecule has 1 fully saturated rings. The molecule has 3 rings (SSSR count). The standard InChI is InChI=1S/C18H23N3O5S/c1-18(2,17(22)23)13-3-5-14(6-4-13)20-27(24,25)16-11-19-21(12-16)15-7-9-26-10-8-15/h3-6,11-12,15,20H,7-10H2,1-2H3,(H,22,23). The van der Waals surface area contributed by atoms with Crippen LogP contribution in [-0.2, 0) is 25.0 Å². The number of carbonyl (C=O) groups is 1. The van der Waals surface area contributed by atoms with E-state index in [1.807, 2.05) is 0 Å². The Bertz CT molecular complexity index is 913. The van der Waals surface area contributed by atoms with Crippen LogP contribution < -0.4 is 4.72 Å². The molecule has 0 amide bonds. The van der Waals surface area contributed by atoms with E-state index >= 15 is 0 Å². The second kappa shape index (κ2) is 7.32. The van der Waals surface area contributed by atoms with Crippen LogP contribution >= 0.6 is 0 Å². The summed E-state index contributed by atoms with van der Waals surface area (Å²) in [6.45, 7) is 4.48. The number of ether oxygens (including phenoxy) is 1. The highest BCUT2D eigenvalue weighted by atomic mass is 32.2. The van der Waals surface area contributed by atoms with E-state index in [1.165, 1.54) is 12.4 Å². The largest absolute Gasteiger partial charge is 0.481 e. The zero-order chi connectivity index (χ0) is 19.7. The van der Waals surface area contributed by atoms with Gasteiger partial charge in [-0.25, -0.2) is 8.42 Å². The van der Waals surface area contributed by atoms with Gasteiger partial charge in [-0.15, -0.1) is 0 Å². The van der Waals surface area contributed by atoms with Crippen LogP contribution in [0.25, 0.3) is 0 Å². The number of sulfonamides is 1. The molecule has 2 N–H and O–H groups in total. The molecule has 27 heavy (non-hydrogen) atoms. The number of rotatable bonds is 6. The van der Waals surface area contributed by atoms with Crippen LogP contribution in [-0.4, -0.2) is 42.5 Å². The van der Waals surface area contributed by atoms with Crippen molar-refractivity contribution in [3.05, 3.63) is 42.2 Å². The zero-order valence-corrected chi connectivity index (χ0v) is 16.1. The molecule has 0 bridgehead atoms. The number of aromatic nitrogens is 2. The van der Waals surface area contributed by atoms with Crippen molar-refractivity contribution < 1.29 is 23.1 Å². The fourth-order valence-electron chi connectivity index (χ4n) is 2.90. The summed E-state index contributed by atoms with van der Waals surface area (Å²) in [5.74, 6) is -0.948. The lowest BCUT2D eigenvalue weighted by Crippen LogP contribution is -2.28. The number of hydrogen-bond acceptors (Lipinski definition) is 5. The lowest BCUT2D eigenvalue weighted by atomic mass is 9.85. The molecular weight excluding hydrogens is 370 g/mol. The number of carboxylic acids is 1. The van der Waals surface area contributed by atoms with E-state index in [4.69, 9.17) is 4.74 Å². The summed E-state index contributed by atoms with van der Waals surface area (Å²) >= 11 is 0. The van der Waals surface area contributed by atoms with E-state index in [0.29, 0.717) is 24.5 Å². The van der Waals surface area contributed by atoms with Crippen LogP contribution in [0, 0.1) is 0 Å². The minimum absolute atomic E-state index is 0.0870. The highest BCUT2D eigenvalue weighted by Gasteiger charge is 2.29. The smallest absolute Gasteiger partial charge is 0.313 e. The number of aliphatic carboxylic acids is 1. The summed E-state index contributed by atoms with van der Waals surface area (Å²) < 4.78 is 34.7. The molecule has 1 aromatic carbocycles. The van der Waals surface area contributed by atoms with E-state index in [-0.39, 0.29) is 10.9 Å². The fraction of sp³-hybridized carbons (Fsp3) is 0.444. The van der Waals surface area contributed by atoms with Gasteiger partial charge in [-0.3, -0.25) is 14.2 Å². The average Bonchev–Trinajstić information content (AvgIpc) is 3.14. The Balaban J connectivity index is 1.75. The maximum atomic E-state index is 12.6. The average molecular weight is 393 g/mol. The number of nitrogens with one attached hydrogen (secondary N) is 1. The molecule has 2 heterocycles. The summed E-state index contributed by atoms with van der Waals surface area (Å²) in [5.41, 5.74) is -0.105. The molecule has 0 atom stereocenters. The van der Waals surface area contributed by atoms with Gasteiger partial charge in [0.05, 0.1) is 17.7 Å². The van der Waals surface area contributed by atoms with Gasteiger partial charge in [0, 0.05) is 25.1 Å². The van der Waals surface area contributed by atoms with E-state index < -0.39 is 21.4 Å². The molecule has 0 radical (unpaired) electrons. The Morgan fingerprint density at radius 3 is 2.48 bits per heavy atom. The third kappa shape index (κ3) is 4.14. The van der Waals surface area contributed by atoms with Gasteiger partial charge in [0.2, 0.25) is 0 Å². The lowest BCUT2D eigenvalue weighted by molar-refractivity contribution is -0.142. The lowest BCUT2D eigenvalue weighted by Gasteiger charge is -2.22. The second-order valence-corrected chi connectivity index (χ2v) is 8.79. The van der Waals surface area contributed by atoms with Gasteiger partial charge in [0.1, 0.15) is 4.90 Å². The van der Waals surface area contributed by atoms with Crippen LogP contribution in [0.3, 0.4) is 0 Å². The molecule has 1 aliphatic heterocycles. The Kier molecular flexibility index (Phi) is 5.25. The van der Waals surface area contributed by atoms with Crippen molar-refractivity contribution in [2.45, 2.75) is 43.0 Å². The van der Waals surface area contributed by atoms with Crippen LogP contribution in [0.2, 0.25) is 0 Å². The van der Waals surface area contributed by atoms with Crippen LogP contribution in [0.4, 0.5) is 5.69 Å². The predicted octanol–water partition coefficient (Wildman–Crippen LogP) is 2.40. The topological polar surface area (TPSA) is 111 Å². The molecule has 2 aromatic rings. The highest BCUT2D eigenvalue weighted by Crippen LogP contribution is 2.26. The van der Waals surface area contributed by atoms with Gasteiger partial charge in [-0.1, -0.05) is 12.1 Å². The first-order valence-corrected chi connectivity index (χ1v) is 10.2. The van der Waals surface area contributed by atoms with Crippen LogP contribution in [0.1, 0.15) is 38.3 Å². The second-order valence-electron chi connectivity index (χ2n) is 7.11. The molecular formula is C18H23N3O5S. The summed E-state index contributed by atoms with van der Waals surface area (Å²) in [6.07, 6.45) is 4.46. The predicted molar refractivity (Wildman–Crippen MR) is 99.2 cm³/mol. The summed E-state index contributed by atoms with van der Waals surface area (Å²) in [5, 5.41) is 13.5. The fourth-order valence-corrected chi connectivity index (χ4v) is 3.90. The van der Waals surface area contributed by atoms with Crippen molar-refractivity contribution in [2.75, 3.05) is 17.9 Å². The molecule has 8 nitrogen and oxygen atoms in total. The van der Waals surface area contributed by atoms with Gasteiger partial charge in [-0.2, -0.15) is 5.10 Å². The van der Waals surface area contributed by atoms with Crippen LogP contribution in [0.15, 0.2) is 41.6 Å². The summed E-state index contributed by atoms with van der Waals surface area (Å²) in [7, 11) is -3.78. The number of anilines is 1. The summed E-state index contributed by atoms with van der Waals surface area (Å²) in [6, 6.07) is 6.47. The Morgan fingerprint density at radius 1 is 1.26 bits per heavy atom. The minimum Gasteiger partial charge on any atom is -0.481 e. The zero-order valence-electron chi connectivity index (χ0n) is 15.3. The van der Waals surface area contributed by atoms with Gasteiger partial charge in [-0.05, 0) is 44.4 Å². The van der Waals surface area contributed by atoms with E-state index in [2.05, 4.69) is 9.82 Å². The van der Waals surface area contributed by atoms with Gasteiger partial charge < -0.3 is 9.84 Å². The first-order valence-electron chi connectivity index (χ1n) is 8.69. The maximum Gasteiger partial charge on any atom is 0.313 e. The quantitative estimate of drug-likeness (QED) is 0.780. The Labute approximate surface area is 158 Å².